The van der Waals surface area contributed by atoms with Crippen molar-refractivity contribution in [2.24, 2.45) is 18.7 Å². The summed E-state index contributed by atoms with van der Waals surface area (Å²) in [5.74, 6) is 1.40. The summed E-state index contributed by atoms with van der Waals surface area (Å²) >= 11 is 0. The molecule has 182 valence electrons. The van der Waals surface area contributed by atoms with Crippen molar-refractivity contribution in [1.29, 1.82) is 0 Å². The van der Waals surface area contributed by atoms with E-state index >= 15 is 0 Å². The highest BCUT2D eigenvalue weighted by Gasteiger charge is 2.27. The van der Waals surface area contributed by atoms with Gasteiger partial charge < -0.3 is 25.7 Å². The van der Waals surface area contributed by atoms with Crippen molar-refractivity contribution in [2.75, 3.05) is 23.8 Å². The molecule has 34 heavy (non-hydrogen) atoms. The minimum atomic E-state index is -0.374. The SMILES string of the molecule is CCc1cnn2c(NCc3ccc(=O)n(C)c3)cc(NC3CCCC[C@H]3COC(=O)CN)nc12. The summed E-state index contributed by atoms with van der Waals surface area (Å²) in [7, 11) is 1.74. The number of hydrogen-bond donors (Lipinski definition) is 3. The van der Waals surface area contributed by atoms with Crippen molar-refractivity contribution in [1.82, 2.24) is 19.2 Å². The van der Waals surface area contributed by atoms with Crippen LogP contribution in [-0.4, -0.2) is 44.3 Å². The fourth-order valence-electron chi connectivity index (χ4n) is 4.45. The zero-order valence-corrected chi connectivity index (χ0v) is 19.8. The zero-order chi connectivity index (χ0) is 24.1. The molecule has 0 radical (unpaired) electrons. The Kier molecular flexibility index (Phi) is 7.46. The van der Waals surface area contributed by atoms with Gasteiger partial charge in [0, 0.05) is 49.4 Å². The second-order valence-corrected chi connectivity index (χ2v) is 8.81. The van der Waals surface area contributed by atoms with E-state index in [1.54, 1.807) is 17.7 Å². The smallest absolute Gasteiger partial charge is 0.319 e. The summed E-state index contributed by atoms with van der Waals surface area (Å²) in [5, 5.41) is 11.6. The van der Waals surface area contributed by atoms with Crippen LogP contribution in [0.1, 0.15) is 43.7 Å². The Morgan fingerprint density at radius 2 is 2.12 bits per heavy atom. The molecular weight excluding hydrogens is 434 g/mol. The number of rotatable bonds is 9. The number of pyridine rings is 1. The van der Waals surface area contributed by atoms with Gasteiger partial charge in [0.25, 0.3) is 0 Å². The van der Waals surface area contributed by atoms with E-state index in [9.17, 15) is 9.59 Å². The number of nitrogens with zero attached hydrogens (tertiary/aromatic N) is 4. The van der Waals surface area contributed by atoms with Crippen LogP contribution in [0.15, 0.2) is 35.4 Å². The van der Waals surface area contributed by atoms with Crippen LogP contribution in [0, 0.1) is 5.92 Å². The minimum Gasteiger partial charge on any atom is -0.464 e. The Labute approximate surface area is 198 Å². The van der Waals surface area contributed by atoms with Crippen LogP contribution >= 0.6 is 0 Å². The van der Waals surface area contributed by atoms with Crippen LogP contribution in [0.3, 0.4) is 0 Å². The summed E-state index contributed by atoms with van der Waals surface area (Å²) in [5.41, 5.74) is 8.19. The monoisotopic (exact) mass is 467 g/mol. The van der Waals surface area contributed by atoms with Crippen molar-refractivity contribution in [3.05, 3.63) is 52.1 Å². The average Bonchev–Trinajstić information content (AvgIpc) is 3.27. The predicted octanol–water partition coefficient (Wildman–Crippen LogP) is 2.08. The predicted molar refractivity (Wildman–Crippen MR) is 131 cm³/mol. The lowest BCUT2D eigenvalue weighted by Crippen LogP contribution is -2.36. The number of aryl methyl sites for hydroxylation is 2. The molecule has 4 N–H and O–H groups in total. The molecule has 10 heteroatoms. The second kappa shape index (κ2) is 10.7. The maximum Gasteiger partial charge on any atom is 0.319 e. The molecule has 1 aliphatic carbocycles. The minimum absolute atomic E-state index is 0.0413. The highest BCUT2D eigenvalue weighted by molar-refractivity contribution is 5.71. The van der Waals surface area contributed by atoms with E-state index in [2.05, 4.69) is 22.7 Å². The van der Waals surface area contributed by atoms with Crippen molar-refractivity contribution in [3.63, 3.8) is 0 Å². The van der Waals surface area contributed by atoms with Gasteiger partial charge in [-0.2, -0.15) is 9.61 Å². The van der Waals surface area contributed by atoms with Crippen molar-refractivity contribution < 1.29 is 9.53 Å². The first-order valence-electron chi connectivity index (χ1n) is 11.9. The van der Waals surface area contributed by atoms with Crippen LogP contribution < -0.4 is 21.9 Å². The molecule has 10 nitrogen and oxygen atoms in total. The van der Waals surface area contributed by atoms with Gasteiger partial charge in [-0.25, -0.2) is 4.98 Å². The lowest BCUT2D eigenvalue weighted by atomic mass is 9.85. The highest BCUT2D eigenvalue weighted by Crippen LogP contribution is 2.29. The molecule has 0 amide bonds. The molecule has 1 saturated carbocycles. The fraction of sp³-hybridized carbons (Fsp3) is 0.500. The summed E-state index contributed by atoms with van der Waals surface area (Å²) in [4.78, 5) is 28.1. The normalized spacial score (nSPS) is 18.1. The van der Waals surface area contributed by atoms with E-state index in [0.29, 0.717) is 13.2 Å². The van der Waals surface area contributed by atoms with Crippen molar-refractivity contribution >= 4 is 23.3 Å². The van der Waals surface area contributed by atoms with Crippen LogP contribution in [0.5, 0.6) is 0 Å². The zero-order valence-electron chi connectivity index (χ0n) is 19.8. The molecule has 1 fully saturated rings. The Morgan fingerprint density at radius 3 is 2.88 bits per heavy atom. The lowest BCUT2D eigenvalue weighted by molar-refractivity contribution is -0.143. The van der Waals surface area contributed by atoms with Gasteiger partial charge in [-0.3, -0.25) is 9.59 Å². The molecule has 0 saturated heterocycles. The number of ether oxygens (including phenoxy) is 1. The van der Waals surface area contributed by atoms with E-state index in [0.717, 1.165) is 60.5 Å². The first kappa shape index (κ1) is 23.7. The van der Waals surface area contributed by atoms with Gasteiger partial charge in [-0.05, 0) is 24.8 Å². The van der Waals surface area contributed by atoms with Crippen molar-refractivity contribution in [2.45, 2.75) is 51.6 Å². The molecule has 1 aliphatic rings. The molecule has 3 aromatic heterocycles. The Hall–Kier alpha value is -3.40. The third kappa shape index (κ3) is 5.39. The number of nitrogens with one attached hydrogen (secondary N) is 2. The topological polar surface area (TPSA) is 129 Å². The maximum absolute atomic E-state index is 11.7. The van der Waals surface area contributed by atoms with Gasteiger partial charge in [-0.15, -0.1) is 0 Å². The Morgan fingerprint density at radius 1 is 1.29 bits per heavy atom. The summed E-state index contributed by atoms with van der Waals surface area (Å²) in [6, 6.07) is 5.50. The van der Waals surface area contributed by atoms with Crippen molar-refractivity contribution in [3.8, 4) is 0 Å². The van der Waals surface area contributed by atoms with Crippen LogP contribution in [-0.2, 0) is 29.5 Å². The van der Waals surface area contributed by atoms with Crippen LogP contribution in [0.4, 0.5) is 11.6 Å². The molecule has 2 atom stereocenters. The molecule has 3 heterocycles. The largest absolute Gasteiger partial charge is 0.464 e. The number of carbonyl (C=O) groups is 1. The first-order valence-corrected chi connectivity index (χ1v) is 11.9. The second-order valence-electron chi connectivity index (χ2n) is 8.81. The molecule has 4 rings (SSSR count). The molecule has 0 bridgehead atoms. The fourth-order valence-corrected chi connectivity index (χ4v) is 4.45. The molecule has 0 aromatic carbocycles. The van der Waals surface area contributed by atoms with Crippen LogP contribution in [0.2, 0.25) is 0 Å². The molecule has 1 unspecified atom stereocenters. The number of aromatic nitrogens is 4. The van der Waals surface area contributed by atoms with Gasteiger partial charge in [0.15, 0.2) is 5.65 Å². The summed E-state index contributed by atoms with van der Waals surface area (Å²) in [6.07, 6.45) is 8.69. The van der Waals surface area contributed by atoms with Gasteiger partial charge in [0.05, 0.1) is 19.3 Å². The number of anilines is 2. The molecule has 3 aromatic rings. The van der Waals surface area contributed by atoms with E-state index < -0.39 is 0 Å². The highest BCUT2D eigenvalue weighted by atomic mass is 16.5. The third-order valence-electron chi connectivity index (χ3n) is 6.41. The average molecular weight is 468 g/mol. The summed E-state index contributed by atoms with van der Waals surface area (Å²) in [6.45, 7) is 2.88. The number of nitrogens with two attached hydrogens (primary N) is 1. The first-order chi connectivity index (χ1) is 16.5. The Bertz CT molecular complexity index is 1200. The van der Waals surface area contributed by atoms with Gasteiger partial charge in [0.1, 0.15) is 11.6 Å². The number of fused-ring (bicyclic) bond motifs is 1. The van der Waals surface area contributed by atoms with Gasteiger partial charge in [-0.1, -0.05) is 25.8 Å². The standard InChI is InChI=1S/C24H33N7O3/c1-3-17-13-27-31-21(26-12-16-8-9-22(32)30(2)14-16)10-20(29-24(17)31)28-19-7-5-4-6-18(19)15-34-23(33)11-25/h8-10,13-14,18-19,26H,3-7,11-12,15,25H2,1-2H3,(H,28,29)/t18-,19?/m0/s1. The lowest BCUT2D eigenvalue weighted by Gasteiger charge is -2.32. The number of esters is 1. The van der Waals surface area contributed by atoms with E-state index in [-0.39, 0.29) is 30.0 Å². The van der Waals surface area contributed by atoms with E-state index in [4.69, 9.17) is 15.5 Å². The quantitative estimate of drug-likeness (QED) is 0.408. The Balaban J connectivity index is 1.57. The number of carbonyl (C=O) groups excluding carboxylic acids is 1. The molecular formula is C24H33N7O3. The summed E-state index contributed by atoms with van der Waals surface area (Å²) < 4.78 is 8.73. The van der Waals surface area contributed by atoms with Gasteiger partial charge in [0.2, 0.25) is 5.56 Å². The van der Waals surface area contributed by atoms with Crippen LogP contribution in [0.25, 0.3) is 5.65 Å². The van der Waals surface area contributed by atoms with E-state index in [1.807, 2.05) is 29.0 Å². The van der Waals surface area contributed by atoms with E-state index in [1.165, 1.54) is 0 Å². The number of hydrogen-bond acceptors (Lipinski definition) is 8. The molecule has 0 spiro atoms. The molecule has 0 aliphatic heterocycles. The third-order valence-corrected chi connectivity index (χ3v) is 6.41. The van der Waals surface area contributed by atoms with Gasteiger partial charge >= 0.3 is 5.97 Å². The maximum atomic E-state index is 11.7.